The highest BCUT2D eigenvalue weighted by Crippen LogP contribution is 2.32. The first-order valence-corrected chi connectivity index (χ1v) is 12.3. The van der Waals surface area contributed by atoms with Crippen LogP contribution in [0, 0.1) is 11.8 Å². The van der Waals surface area contributed by atoms with Gasteiger partial charge in [-0.1, -0.05) is 30.0 Å². The van der Waals surface area contributed by atoms with E-state index < -0.39 is 17.6 Å². The molecule has 1 saturated heterocycles. The highest BCUT2D eigenvalue weighted by molar-refractivity contribution is 6.03. The van der Waals surface area contributed by atoms with Gasteiger partial charge in [-0.2, -0.15) is 0 Å². The van der Waals surface area contributed by atoms with Crippen molar-refractivity contribution in [1.82, 2.24) is 10.3 Å². The maximum atomic E-state index is 13.2. The summed E-state index contributed by atoms with van der Waals surface area (Å²) in [5.41, 5.74) is 0.179. The molecule has 0 aliphatic carbocycles. The molecule has 194 valence electrons. The molecule has 0 spiro atoms. The smallest absolute Gasteiger partial charge is 0.270 e. The lowest BCUT2D eigenvalue weighted by Crippen LogP contribution is -2.49. The highest BCUT2D eigenvalue weighted by Gasteiger charge is 2.31. The van der Waals surface area contributed by atoms with Gasteiger partial charge in [0.1, 0.15) is 41.2 Å². The second kappa shape index (κ2) is 10.9. The van der Waals surface area contributed by atoms with E-state index in [2.05, 4.69) is 22.1 Å². The Kier molecular flexibility index (Phi) is 7.26. The molecule has 3 aromatic rings. The van der Waals surface area contributed by atoms with Gasteiger partial charge in [-0.25, -0.2) is 0 Å². The van der Waals surface area contributed by atoms with Gasteiger partial charge in [-0.3, -0.25) is 14.6 Å². The van der Waals surface area contributed by atoms with E-state index in [1.807, 2.05) is 18.2 Å². The predicted octanol–water partition coefficient (Wildman–Crippen LogP) is 2.92. The van der Waals surface area contributed by atoms with Gasteiger partial charge in [-0.05, 0) is 36.4 Å². The first kappa shape index (κ1) is 25.3. The van der Waals surface area contributed by atoms with Crippen molar-refractivity contribution in [2.75, 3.05) is 31.8 Å². The van der Waals surface area contributed by atoms with E-state index in [1.54, 1.807) is 43.4 Å². The van der Waals surface area contributed by atoms with E-state index in [-0.39, 0.29) is 18.2 Å². The fraction of sp³-hybridized carbons (Fsp3) is 0.276. The fourth-order valence-corrected chi connectivity index (χ4v) is 4.16. The van der Waals surface area contributed by atoms with E-state index in [1.165, 1.54) is 17.2 Å². The molecule has 38 heavy (non-hydrogen) atoms. The standard InChI is InChI=1S/C29H27N3O6/c1-32-25-17-20(9-11-29(35)12-15-36-16-13-29)7-8-26(25)37-19-24(28(32)34)31-27(33)23-18-22(10-14-30-23)38-21-5-3-2-4-6-21/h2-8,10,14,17-18,24,35H,12-13,15-16,19H2,1H3,(H,31,33)/t24-/m1/s1. The van der Waals surface area contributed by atoms with Crippen LogP contribution in [0.25, 0.3) is 0 Å². The predicted molar refractivity (Wildman–Crippen MR) is 139 cm³/mol. The normalized spacial score (nSPS) is 18.2. The summed E-state index contributed by atoms with van der Waals surface area (Å²) in [6.07, 6.45) is 2.37. The van der Waals surface area contributed by atoms with Crippen molar-refractivity contribution in [2.45, 2.75) is 24.5 Å². The molecule has 1 aromatic heterocycles. The summed E-state index contributed by atoms with van der Waals surface area (Å²) >= 11 is 0. The molecule has 2 aromatic carbocycles. The second-order valence-electron chi connectivity index (χ2n) is 9.10. The first-order chi connectivity index (χ1) is 18.4. The van der Waals surface area contributed by atoms with Crippen LogP contribution in [-0.2, 0) is 9.53 Å². The molecule has 9 heteroatoms. The summed E-state index contributed by atoms with van der Waals surface area (Å²) in [7, 11) is 1.62. The van der Waals surface area contributed by atoms with E-state index in [0.29, 0.717) is 54.6 Å². The number of fused-ring (bicyclic) bond motifs is 1. The van der Waals surface area contributed by atoms with Crippen LogP contribution in [0.4, 0.5) is 5.69 Å². The Morgan fingerprint density at radius 1 is 1.13 bits per heavy atom. The van der Waals surface area contributed by atoms with Gasteiger partial charge in [0, 0.05) is 37.7 Å². The third kappa shape index (κ3) is 5.78. The molecule has 0 saturated carbocycles. The molecular formula is C29H27N3O6. The molecule has 2 N–H and O–H groups in total. The summed E-state index contributed by atoms with van der Waals surface area (Å²) < 4.78 is 17.0. The topological polar surface area (TPSA) is 110 Å². The van der Waals surface area contributed by atoms with Gasteiger partial charge in [0.15, 0.2) is 0 Å². The Hall–Kier alpha value is -4.39. The molecule has 1 atom stereocenters. The van der Waals surface area contributed by atoms with Crippen molar-refractivity contribution >= 4 is 17.5 Å². The van der Waals surface area contributed by atoms with Crippen LogP contribution >= 0.6 is 0 Å². The summed E-state index contributed by atoms with van der Waals surface area (Å²) in [4.78, 5) is 31.8. The lowest BCUT2D eigenvalue weighted by Gasteiger charge is -2.26. The van der Waals surface area contributed by atoms with Crippen LogP contribution in [0.15, 0.2) is 66.9 Å². The summed E-state index contributed by atoms with van der Waals surface area (Å²) in [5.74, 6) is 6.65. The number of aliphatic hydroxyl groups is 1. The summed E-state index contributed by atoms with van der Waals surface area (Å²) in [5, 5.41) is 13.3. The number of rotatable bonds is 4. The average Bonchev–Trinajstić information content (AvgIpc) is 3.05. The van der Waals surface area contributed by atoms with E-state index in [4.69, 9.17) is 14.2 Å². The minimum atomic E-state index is -1.09. The lowest BCUT2D eigenvalue weighted by atomic mass is 9.95. The molecule has 1 fully saturated rings. The van der Waals surface area contributed by atoms with Crippen LogP contribution in [0.5, 0.6) is 17.2 Å². The third-order valence-corrected chi connectivity index (χ3v) is 6.36. The first-order valence-electron chi connectivity index (χ1n) is 12.3. The van der Waals surface area contributed by atoms with Gasteiger partial charge in [-0.15, -0.1) is 0 Å². The molecule has 0 radical (unpaired) electrons. The van der Waals surface area contributed by atoms with Gasteiger partial charge in [0.2, 0.25) is 0 Å². The van der Waals surface area contributed by atoms with Crippen molar-refractivity contribution < 1.29 is 28.9 Å². The Balaban J connectivity index is 1.28. The minimum Gasteiger partial charge on any atom is -0.489 e. The molecular weight excluding hydrogens is 486 g/mol. The highest BCUT2D eigenvalue weighted by atomic mass is 16.5. The Morgan fingerprint density at radius 2 is 1.92 bits per heavy atom. The number of para-hydroxylation sites is 1. The van der Waals surface area contributed by atoms with E-state index >= 15 is 0 Å². The molecule has 3 heterocycles. The van der Waals surface area contributed by atoms with Crippen molar-refractivity contribution in [2.24, 2.45) is 0 Å². The second-order valence-corrected chi connectivity index (χ2v) is 9.10. The van der Waals surface area contributed by atoms with Gasteiger partial charge in [0.25, 0.3) is 11.8 Å². The summed E-state index contributed by atoms with van der Waals surface area (Å²) in [6, 6.07) is 16.7. The number of nitrogens with zero attached hydrogens (tertiary/aromatic N) is 2. The monoisotopic (exact) mass is 513 g/mol. The number of carbonyl (C=O) groups excluding carboxylic acids is 2. The largest absolute Gasteiger partial charge is 0.489 e. The van der Waals surface area contributed by atoms with Crippen molar-refractivity contribution in [3.8, 4) is 29.1 Å². The Morgan fingerprint density at radius 3 is 2.71 bits per heavy atom. The molecule has 2 aliphatic rings. The number of pyridine rings is 1. The van der Waals surface area contributed by atoms with Gasteiger partial charge in [0.05, 0.1) is 18.9 Å². The van der Waals surface area contributed by atoms with Crippen molar-refractivity contribution in [3.63, 3.8) is 0 Å². The van der Waals surface area contributed by atoms with Crippen LogP contribution < -0.4 is 19.7 Å². The zero-order chi connectivity index (χ0) is 26.5. The molecule has 0 unspecified atom stereocenters. The summed E-state index contributed by atoms with van der Waals surface area (Å²) in [6.45, 7) is 0.883. The number of carbonyl (C=O) groups is 2. The SMILES string of the molecule is CN1C(=O)[C@H](NC(=O)c2cc(Oc3ccccc3)ccn2)COc2ccc(C#CC3(O)CCOCC3)cc21. The number of benzene rings is 2. The van der Waals surface area contributed by atoms with E-state index in [0.717, 1.165) is 0 Å². The van der Waals surface area contributed by atoms with Crippen molar-refractivity contribution in [1.29, 1.82) is 0 Å². The maximum Gasteiger partial charge on any atom is 0.270 e. The number of hydrogen-bond donors (Lipinski definition) is 2. The Labute approximate surface area is 220 Å². The number of hydrogen-bond acceptors (Lipinski definition) is 7. The van der Waals surface area contributed by atoms with Crippen LogP contribution in [0.3, 0.4) is 0 Å². The van der Waals surface area contributed by atoms with Crippen LogP contribution in [-0.4, -0.2) is 60.4 Å². The zero-order valence-electron chi connectivity index (χ0n) is 20.8. The van der Waals surface area contributed by atoms with E-state index in [9.17, 15) is 14.7 Å². The molecule has 2 aliphatic heterocycles. The lowest BCUT2D eigenvalue weighted by molar-refractivity contribution is -0.120. The Bertz CT molecular complexity index is 1390. The number of nitrogens with one attached hydrogen (secondary N) is 1. The number of anilines is 1. The number of ether oxygens (including phenoxy) is 3. The zero-order valence-corrected chi connectivity index (χ0v) is 20.8. The average molecular weight is 514 g/mol. The number of likely N-dealkylation sites (N-methyl/N-ethyl adjacent to an activating group) is 1. The van der Waals surface area contributed by atoms with Crippen LogP contribution in [0.2, 0.25) is 0 Å². The third-order valence-electron chi connectivity index (χ3n) is 6.36. The number of amides is 2. The minimum absolute atomic E-state index is 0.0487. The van der Waals surface area contributed by atoms with Crippen LogP contribution in [0.1, 0.15) is 28.9 Å². The molecule has 9 nitrogen and oxygen atoms in total. The fourth-order valence-electron chi connectivity index (χ4n) is 4.16. The van der Waals surface area contributed by atoms with Crippen molar-refractivity contribution in [3.05, 3.63) is 78.1 Å². The van der Waals surface area contributed by atoms with Gasteiger partial charge >= 0.3 is 0 Å². The molecule has 5 rings (SSSR count). The molecule has 2 amide bonds. The molecule has 0 bridgehead atoms. The number of aromatic nitrogens is 1. The maximum absolute atomic E-state index is 13.2. The quantitative estimate of drug-likeness (QED) is 0.516. The van der Waals surface area contributed by atoms with Gasteiger partial charge < -0.3 is 29.5 Å².